The minimum absolute atomic E-state index is 0.163. The lowest BCUT2D eigenvalue weighted by Crippen LogP contribution is -2.13. The topological polar surface area (TPSA) is 64.6 Å². The van der Waals surface area contributed by atoms with Gasteiger partial charge in [0.1, 0.15) is 12.4 Å². The molecule has 0 spiro atoms. The lowest BCUT2D eigenvalue weighted by molar-refractivity contribution is -0.120. The van der Waals surface area contributed by atoms with E-state index in [-0.39, 0.29) is 11.6 Å². The van der Waals surface area contributed by atoms with E-state index in [9.17, 15) is 9.59 Å². The maximum absolute atomic E-state index is 11.7. The van der Waals surface area contributed by atoms with Crippen LogP contribution in [0.5, 0.6) is 5.75 Å². The Hall–Kier alpha value is -2.53. The molecule has 0 aliphatic heterocycles. The number of benzene rings is 2. The predicted octanol–water partition coefficient (Wildman–Crippen LogP) is 3.62. The van der Waals surface area contributed by atoms with Crippen LogP contribution < -0.4 is 10.1 Å². The molecule has 6 heteroatoms. The Morgan fingerprint density at radius 1 is 1.19 bits per heavy atom. The van der Waals surface area contributed by atoms with E-state index in [4.69, 9.17) is 16.3 Å². The molecule has 0 radical (unpaired) electrons. The molecular weight excluding hydrogens is 294 g/mol. The van der Waals surface area contributed by atoms with E-state index in [2.05, 4.69) is 10.1 Å². The highest BCUT2D eigenvalue weighted by Gasteiger charge is 2.08. The van der Waals surface area contributed by atoms with Crippen molar-refractivity contribution in [3.63, 3.8) is 0 Å². The van der Waals surface area contributed by atoms with Crippen LogP contribution in [-0.2, 0) is 16.1 Å². The number of carbonyl (C=O) groups is 2. The summed E-state index contributed by atoms with van der Waals surface area (Å²) in [6, 6.07) is 13.8. The number of carbonyl (C=O) groups excluding carboxylic acids is 2. The van der Waals surface area contributed by atoms with Crippen LogP contribution in [0.4, 0.5) is 10.5 Å². The third kappa shape index (κ3) is 4.50. The minimum atomic E-state index is -0.621. The maximum Gasteiger partial charge on any atom is 0.412 e. The zero-order valence-corrected chi connectivity index (χ0v) is 11.7. The van der Waals surface area contributed by atoms with Crippen molar-refractivity contribution in [2.45, 2.75) is 6.61 Å². The molecule has 1 N–H and O–H groups in total. The highest BCUT2D eigenvalue weighted by atomic mass is 35.5. The summed E-state index contributed by atoms with van der Waals surface area (Å²) in [5, 5.41) is 2.75. The van der Waals surface area contributed by atoms with Crippen molar-refractivity contribution in [2.24, 2.45) is 0 Å². The van der Waals surface area contributed by atoms with Gasteiger partial charge in [-0.15, -0.1) is 0 Å². The molecule has 0 unspecified atom stereocenters. The van der Waals surface area contributed by atoms with Gasteiger partial charge in [0.25, 0.3) is 6.47 Å². The maximum atomic E-state index is 11.7. The van der Waals surface area contributed by atoms with E-state index in [0.717, 1.165) is 5.56 Å². The average Bonchev–Trinajstić information content (AvgIpc) is 2.49. The lowest BCUT2D eigenvalue weighted by atomic mass is 10.2. The first-order valence-electron chi connectivity index (χ1n) is 6.06. The van der Waals surface area contributed by atoms with E-state index in [1.165, 1.54) is 18.2 Å². The molecule has 2 rings (SSSR count). The van der Waals surface area contributed by atoms with Crippen LogP contribution in [0.25, 0.3) is 0 Å². The number of hydrogen-bond donors (Lipinski definition) is 1. The molecular formula is C15H12ClNO4. The van der Waals surface area contributed by atoms with Crippen molar-refractivity contribution in [3.05, 3.63) is 59.1 Å². The van der Waals surface area contributed by atoms with Gasteiger partial charge >= 0.3 is 6.09 Å². The van der Waals surface area contributed by atoms with Crippen LogP contribution in [0.15, 0.2) is 48.5 Å². The van der Waals surface area contributed by atoms with Gasteiger partial charge in [-0.2, -0.15) is 0 Å². The summed E-state index contributed by atoms with van der Waals surface area (Å²) in [5.74, 6) is 0.290. The van der Waals surface area contributed by atoms with Crippen molar-refractivity contribution in [1.82, 2.24) is 0 Å². The van der Waals surface area contributed by atoms with Crippen LogP contribution in [0.3, 0.4) is 0 Å². The van der Waals surface area contributed by atoms with E-state index >= 15 is 0 Å². The van der Waals surface area contributed by atoms with Crippen molar-refractivity contribution in [3.8, 4) is 5.75 Å². The minimum Gasteiger partial charge on any atom is -0.444 e. The molecule has 108 valence electrons. The Balaban J connectivity index is 1.92. The second-order valence-corrected chi connectivity index (χ2v) is 4.45. The van der Waals surface area contributed by atoms with Crippen molar-refractivity contribution >= 4 is 29.9 Å². The zero-order valence-electron chi connectivity index (χ0n) is 10.9. The van der Waals surface area contributed by atoms with Crippen LogP contribution in [-0.4, -0.2) is 12.6 Å². The quantitative estimate of drug-likeness (QED) is 0.857. The van der Waals surface area contributed by atoms with Gasteiger partial charge in [-0.3, -0.25) is 10.1 Å². The molecule has 0 saturated carbocycles. The monoisotopic (exact) mass is 305 g/mol. The molecule has 0 atom stereocenters. The summed E-state index contributed by atoms with van der Waals surface area (Å²) in [6.07, 6.45) is -0.621. The van der Waals surface area contributed by atoms with Crippen molar-refractivity contribution < 1.29 is 19.1 Å². The molecule has 2 aromatic rings. The Labute approximate surface area is 126 Å². The molecule has 1 amide bonds. The summed E-state index contributed by atoms with van der Waals surface area (Å²) in [7, 11) is 0. The third-order valence-electron chi connectivity index (χ3n) is 2.57. The number of halogens is 1. The molecule has 0 fully saturated rings. The fourth-order valence-electron chi connectivity index (χ4n) is 1.60. The normalized spacial score (nSPS) is 9.76. The number of nitrogens with one attached hydrogen (secondary N) is 1. The highest BCUT2D eigenvalue weighted by molar-refractivity contribution is 6.33. The van der Waals surface area contributed by atoms with Gasteiger partial charge in [-0.25, -0.2) is 4.79 Å². The second kappa shape index (κ2) is 7.31. The summed E-state index contributed by atoms with van der Waals surface area (Å²) in [6.45, 7) is 0.462. The molecule has 0 bridgehead atoms. The summed E-state index contributed by atoms with van der Waals surface area (Å²) < 4.78 is 9.71. The number of amides is 1. The lowest BCUT2D eigenvalue weighted by Gasteiger charge is -2.09. The number of hydrogen-bond acceptors (Lipinski definition) is 4. The molecule has 0 aliphatic rings. The smallest absolute Gasteiger partial charge is 0.412 e. The first-order chi connectivity index (χ1) is 10.2. The van der Waals surface area contributed by atoms with Gasteiger partial charge in [0.15, 0.2) is 0 Å². The average molecular weight is 306 g/mol. The Morgan fingerprint density at radius 3 is 2.62 bits per heavy atom. The fourth-order valence-corrected chi connectivity index (χ4v) is 1.81. The van der Waals surface area contributed by atoms with Crippen molar-refractivity contribution in [1.29, 1.82) is 0 Å². The van der Waals surface area contributed by atoms with E-state index in [0.29, 0.717) is 17.9 Å². The molecule has 0 heterocycles. The Kier molecular flexibility index (Phi) is 5.17. The Bertz CT molecular complexity index is 631. The molecule has 5 nitrogen and oxygen atoms in total. The molecule has 2 aromatic carbocycles. The first kappa shape index (κ1) is 14.9. The number of ether oxygens (including phenoxy) is 2. The number of rotatable bonds is 5. The van der Waals surface area contributed by atoms with Gasteiger partial charge < -0.3 is 9.47 Å². The molecule has 21 heavy (non-hydrogen) atoms. The van der Waals surface area contributed by atoms with Gasteiger partial charge in [0.05, 0.1) is 10.7 Å². The first-order valence-corrected chi connectivity index (χ1v) is 6.44. The van der Waals surface area contributed by atoms with Gasteiger partial charge in [0.2, 0.25) is 0 Å². The van der Waals surface area contributed by atoms with Crippen LogP contribution in [0.1, 0.15) is 5.56 Å². The van der Waals surface area contributed by atoms with Gasteiger partial charge in [-0.05, 0) is 17.7 Å². The standard InChI is InChI=1S/C15H12ClNO4/c16-13-8-12(21-10-18)6-7-14(13)17-15(19)20-9-11-4-2-1-3-5-11/h1-8,10H,9H2,(H,17,19). The van der Waals surface area contributed by atoms with E-state index < -0.39 is 6.09 Å². The Morgan fingerprint density at radius 2 is 1.95 bits per heavy atom. The molecule has 0 saturated heterocycles. The van der Waals surface area contributed by atoms with Crippen LogP contribution in [0, 0.1) is 0 Å². The summed E-state index contributed by atoms with van der Waals surface area (Å²) in [4.78, 5) is 21.9. The van der Waals surface area contributed by atoms with Gasteiger partial charge in [0, 0.05) is 6.07 Å². The summed E-state index contributed by atoms with van der Waals surface area (Å²) >= 11 is 5.96. The SMILES string of the molecule is O=COc1ccc(NC(=O)OCc2ccccc2)c(Cl)c1. The predicted molar refractivity (Wildman–Crippen MR) is 78.4 cm³/mol. The second-order valence-electron chi connectivity index (χ2n) is 4.04. The third-order valence-corrected chi connectivity index (χ3v) is 2.89. The van der Waals surface area contributed by atoms with Crippen LogP contribution in [0.2, 0.25) is 5.02 Å². The summed E-state index contributed by atoms with van der Waals surface area (Å²) in [5.41, 5.74) is 1.25. The molecule has 0 aromatic heterocycles. The van der Waals surface area contributed by atoms with Crippen molar-refractivity contribution in [2.75, 3.05) is 5.32 Å². The highest BCUT2D eigenvalue weighted by Crippen LogP contribution is 2.26. The fraction of sp³-hybridized carbons (Fsp3) is 0.0667. The van der Waals surface area contributed by atoms with Gasteiger partial charge in [-0.1, -0.05) is 41.9 Å². The van der Waals surface area contributed by atoms with E-state index in [1.807, 2.05) is 30.3 Å². The van der Waals surface area contributed by atoms with E-state index in [1.54, 1.807) is 0 Å². The molecule has 0 aliphatic carbocycles. The number of anilines is 1. The van der Waals surface area contributed by atoms with Crippen LogP contribution >= 0.6 is 11.6 Å². The largest absolute Gasteiger partial charge is 0.444 e. The zero-order chi connectivity index (χ0) is 15.1.